The van der Waals surface area contributed by atoms with Gasteiger partial charge in [-0.1, -0.05) is 6.07 Å². The Hall–Kier alpha value is -1.40. The van der Waals surface area contributed by atoms with Crippen LogP contribution < -0.4 is 0 Å². The maximum Gasteiger partial charge on any atom is 0.144 e. The normalized spacial score (nSPS) is 19.6. The Morgan fingerprint density at radius 3 is 3.00 bits per heavy atom. The van der Waals surface area contributed by atoms with Gasteiger partial charge >= 0.3 is 0 Å². The summed E-state index contributed by atoms with van der Waals surface area (Å²) in [5.74, 6) is 0. The molecule has 0 amide bonds. The predicted molar refractivity (Wildman–Crippen MR) is 62.7 cm³/mol. The quantitative estimate of drug-likeness (QED) is 0.760. The molecule has 2 rings (SSSR count). The summed E-state index contributed by atoms with van der Waals surface area (Å²) >= 11 is 0. The number of nitrogens with zero attached hydrogens (tertiary/aromatic N) is 3. The standard InChI is InChI=1S/C13H17N3/c1-13(2)6-4-8-16(13)10-11-5-3-7-15-12(11)9-14/h3,5,7H,4,6,8,10H2,1-2H3. The van der Waals surface area contributed by atoms with Gasteiger partial charge in [-0.25, -0.2) is 4.98 Å². The van der Waals surface area contributed by atoms with Gasteiger partial charge in [-0.05, 0) is 39.3 Å². The van der Waals surface area contributed by atoms with Crippen LogP contribution in [-0.2, 0) is 6.54 Å². The fourth-order valence-electron chi connectivity index (χ4n) is 2.33. The van der Waals surface area contributed by atoms with Crippen LogP contribution in [0.15, 0.2) is 18.3 Å². The number of likely N-dealkylation sites (tertiary alicyclic amines) is 1. The number of nitriles is 1. The first-order valence-electron chi connectivity index (χ1n) is 5.72. The molecule has 0 spiro atoms. The van der Waals surface area contributed by atoms with E-state index in [2.05, 4.69) is 29.8 Å². The van der Waals surface area contributed by atoms with Crippen LogP contribution in [0.25, 0.3) is 0 Å². The Balaban J connectivity index is 2.18. The second-order valence-electron chi connectivity index (χ2n) is 4.96. The predicted octanol–water partition coefficient (Wildman–Crippen LogP) is 2.33. The van der Waals surface area contributed by atoms with Crippen molar-refractivity contribution < 1.29 is 0 Å². The molecule has 0 atom stereocenters. The highest BCUT2D eigenvalue weighted by Crippen LogP contribution is 2.29. The smallest absolute Gasteiger partial charge is 0.144 e. The molecule has 0 unspecified atom stereocenters. The number of hydrogen-bond donors (Lipinski definition) is 0. The van der Waals surface area contributed by atoms with Crippen LogP contribution in [-0.4, -0.2) is 22.0 Å². The molecule has 3 nitrogen and oxygen atoms in total. The zero-order chi connectivity index (χ0) is 11.6. The molecule has 1 aromatic rings. The Kier molecular flexibility index (Phi) is 2.93. The van der Waals surface area contributed by atoms with Gasteiger partial charge < -0.3 is 0 Å². The van der Waals surface area contributed by atoms with Gasteiger partial charge in [-0.2, -0.15) is 5.26 Å². The zero-order valence-corrected chi connectivity index (χ0v) is 9.90. The first-order valence-corrected chi connectivity index (χ1v) is 5.72. The third-order valence-electron chi connectivity index (χ3n) is 3.43. The van der Waals surface area contributed by atoms with E-state index in [9.17, 15) is 0 Å². The molecule has 0 saturated carbocycles. The number of rotatable bonds is 2. The molecular formula is C13H17N3. The first-order chi connectivity index (χ1) is 7.63. The lowest BCUT2D eigenvalue weighted by Crippen LogP contribution is -2.37. The minimum Gasteiger partial charge on any atom is -0.294 e. The lowest BCUT2D eigenvalue weighted by atomic mass is 10.0. The van der Waals surface area contributed by atoms with Gasteiger partial charge in [0.25, 0.3) is 0 Å². The highest BCUT2D eigenvalue weighted by Gasteiger charge is 2.31. The number of aromatic nitrogens is 1. The van der Waals surface area contributed by atoms with Gasteiger partial charge in [-0.15, -0.1) is 0 Å². The highest BCUT2D eigenvalue weighted by molar-refractivity contribution is 5.30. The fourth-order valence-corrected chi connectivity index (χ4v) is 2.33. The van der Waals surface area contributed by atoms with Crippen molar-refractivity contribution in [3.63, 3.8) is 0 Å². The van der Waals surface area contributed by atoms with Gasteiger partial charge in [-0.3, -0.25) is 4.90 Å². The molecule has 84 valence electrons. The Morgan fingerprint density at radius 2 is 2.38 bits per heavy atom. The van der Waals surface area contributed by atoms with Gasteiger partial charge in [0, 0.05) is 23.8 Å². The molecule has 2 heterocycles. The van der Waals surface area contributed by atoms with E-state index in [0.717, 1.165) is 18.7 Å². The van der Waals surface area contributed by atoms with Crippen LogP contribution in [0.5, 0.6) is 0 Å². The molecule has 1 fully saturated rings. The monoisotopic (exact) mass is 215 g/mol. The summed E-state index contributed by atoms with van der Waals surface area (Å²) in [6, 6.07) is 6.06. The van der Waals surface area contributed by atoms with Crippen LogP contribution >= 0.6 is 0 Å². The summed E-state index contributed by atoms with van der Waals surface area (Å²) in [7, 11) is 0. The van der Waals surface area contributed by atoms with Crippen LogP contribution in [0.2, 0.25) is 0 Å². The molecule has 1 aliphatic rings. The van der Waals surface area contributed by atoms with Crippen LogP contribution in [0.3, 0.4) is 0 Å². The average molecular weight is 215 g/mol. The summed E-state index contributed by atoms with van der Waals surface area (Å²) in [6.07, 6.45) is 4.15. The summed E-state index contributed by atoms with van der Waals surface area (Å²) in [6.45, 7) is 6.49. The third kappa shape index (κ3) is 2.07. The SMILES string of the molecule is CC1(C)CCCN1Cc1cccnc1C#N. The van der Waals surface area contributed by atoms with Crippen molar-refractivity contribution in [1.29, 1.82) is 5.26 Å². The number of hydrogen-bond acceptors (Lipinski definition) is 3. The molecule has 0 bridgehead atoms. The lowest BCUT2D eigenvalue weighted by Gasteiger charge is -2.31. The molecule has 0 aromatic carbocycles. The van der Waals surface area contributed by atoms with E-state index in [0.29, 0.717) is 5.69 Å². The molecule has 16 heavy (non-hydrogen) atoms. The Labute approximate surface area is 96.7 Å². The number of pyridine rings is 1. The van der Waals surface area contributed by atoms with E-state index in [-0.39, 0.29) is 5.54 Å². The Morgan fingerprint density at radius 1 is 1.56 bits per heavy atom. The fraction of sp³-hybridized carbons (Fsp3) is 0.538. The van der Waals surface area contributed by atoms with Crippen molar-refractivity contribution in [2.45, 2.75) is 38.8 Å². The maximum atomic E-state index is 8.99. The van der Waals surface area contributed by atoms with E-state index < -0.39 is 0 Å². The molecule has 1 aromatic heterocycles. The summed E-state index contributed by atoms with van der Waals surface area (Å²) in [5, 5.41) is 8.99. The third-order valence-corrected chi connectivity index (χ3v) is 3.43. The lowest BCUT2D eigenvalue weighted by molar-refractivity contribution is 0.166. The average Bonchev–Trinajstić information content (AvgIpc) is 2.59. The van der Waals surface area contributed by atoms with Gasteiger partial charge in [0.2, 0.25) is 0 Å². The van der Waals surface area contributed by atoms with Crippen LogP contribution in [0.1, 0.15) is 37.9 Å². The van der Waals surface area contributed by atoms with Crippen molar-refractivity contribution in [2.24, 2.45) is 0 Å². The minimum absolute atomic E-state index is 0.253. The van der Waals surface area contributed by atoms with E-state index in [1.165, 1.54) is 12.8 Å². The largest absolute Gasteiger partial charge is 0.294 e. The molecular weight excluding hydrogens is 198 g/mol. The summed E-state index contributed by atoms with van der Waals surface area (Å²) in [5.41, 5.74) is 1.85. The first kappa shape index (κ1) is 11.1. The molecule has 0 radical (unpaired) electrons. The van der Waals surface area contributed by atoms with E-state index in [1.54, 1.807) is 6.20 Å². The Bertz CT molecular complexity index is 417. The van der Waals surface area contributed by atoms with Crippen molar-refractivity contribution >= 4 is 0 Å². The molecule has 0 aliphatic carbocycles. The van der Waals surface area contributed by atoms with Crippen LogP contribution in [0.4, 0.5) is 0 Å². The molecule has 3 heteroatoms. The molecule has 1 aliphatic heterocycles. The van der Waals surface area contributed by atoms with E-state index >= 15 is 0 Å². The van der Waals surface area contributed by atoms with Crippen LogP contribution in [0, 0.1) is 11.3 Å². The topological polar surface area (TPSA) is 39.9 Å². The molecule has 0 N–H and O–H groups in total. The highest BCUT2D eigenvalue weighted by atomic mass is 15.2. The van der Waals surface area contributed by atoms with E-state index in [4.69, 9.17) is 5.26 Å². The molecule has 1 saturated heterocycles. The van der Waals surface area contributed by atoms with Crippen molar-refractivity contribution in [1.82, 2.24) is 9.88 Å². The van der Waals surface area contributed by atoms with Gasteiger partial charge in [0.1, 0.15) is 11.8 Å². The van der Waals surface area contributed by atoms with Crippen molar-refractivity contribution in [2.75, 3.05) is 6.54 Å². The zero-order valence-electron chi connectivity index (χ0n) is 9.90. The maximum absolute atomic E-state index is 8.99. The van der Waals surface area contributed by atoms with Gasteiger partial charge in [0.15, 0.2) is 0 Å². The second-order valence-corrected chi connectivity index (χ2v) is 4.96. The van der Waals surface area contributed by atoms with E-state index in [1.807, 2.05) is 12.1 Å². The van der Waals surface area contributed by atoms with Crippen molar-refractivity contribution in [3.8, 4) is 6.07 Å². The van der Waals surface area contributed by atoms with Gasteiger partial charge in [0.05, 0.1) is 0 Å². The van der Waals surface area contributed by atoms with Crippen molar-refractivity contribution in [3.05, 3.63) is 29.6 Å². The second kappa shape index (κ2) is 4.23. The summed E-state index contributed by atoms with van der Waals surface area (Å²) < 4.78 is 0. The summed E-state index contributed by atoms with van der Waals surface area (Å²) in [4.78, 5) is 6.53. The minimum atomic E-state index is 0.253.